The van der Waals surface area contributed by atoms with Crippen molar-refractivity contribution in [2.75, 3.05) is 26.2 Å². The van der Waals surface area contributed by atoms with Gasteiger partial charge in [0.05, 0.1) is 24.5 Å². The Balaban J connectivity index is 0.00000361. The van der Waals surface area contributed by atoms with Gasteiger partial charge in [-0.2, -0.15) is 0 Å². The molecule has 1 aromatic rings. The van der Waals surface area contributed by atoms with Crippen molar-refractivity contribution in [1.82, 2.24) is 4.72 Å². The highest BCUT2D eigenvalue weighted by Gasteiger charge is 2.13. The highest BCUT2D eigenvalue weighted by Crippen LogP contribution is 2.09. The van der Waals surface area contributed by atoms with Gasteiger partial charge in [0.25, 0.3) is 0 Å². The van der Waals surface area contributed by atoms with E-state index >= 15 is 0 Å². The SMILES string of the molecule is CC[NH+](CC)CCCNS(=O)(=O)c1ccc(F)cc1.[Cl-]. The van der Waals surface area contributed by atoms with Gasteiger partial charge in [-0.05, 0) is 38.1 Å². The molecule has 1 aromatic carbocycles. The van der Waals surface area contributed by atoms with Gasteiger partial charge in [-0.1, -0.05) is 0 Å². The van der Waals surface area contributed by atoms with Crippen molar-refractivity contribution >= 4 is 10.0 Å². The van der Waals surface area contributed by atoms with Crippen LogP contribution >= 0.6 is 0 Å². The van der Waals surface area contributed by atoms with E-state index in [0.29, 0.717) is 6.54 Å². The van der Waals surface area contributed by atoms with Crippen LogP contribution in [0.15, 0.2) is 29.2 Å². The molecule has 0 aliphatic carbocycles. The zero-order valence-electron chi connectivity index (χ0n) is 11.8. The van der Waals surface area contributed by atoms with Crippen molar-refractivity contribution < 1.29 is 30.1 Å². The maximum absolute atomic E-state index is 12.7. The van der Waals surface area contributed by atoms with Crippen LogP contribution in [0.3, 0.4) is 0 Å². The number of hydrogen-bond donors (Lipinski definition) is 2. The summed E-state index contributed by atoms with van der Waals surface area (Å²) < 4.78 is 39.0. The second-order valence-corrected chi connectivity index (χ2v) is 6.18. The number of rotatable bonds is 8. The topological polar surface area (TPSA) is 50.6 Å². The molecule has 0 aliphatic rings. The molecule has 20 heavy (non-hydrogen) atoms. The second-order valence-electron chi connectivity index (χ2n) is 4.41. The molecule has 0 amide bonds. The molecule has 0 heterocycles. The first-order chi connectivity index (χ1) is 8.99. The molecule has 0 fully saturated rings. The minimum Gasteiger partial charge on any atom is -1.00 e. The van der Waals surface area contributed by atoms with Crippen LogP contribution in [0.1, 0.15) is 20.3 Å². The van der Waals surface area contributed by atoms with E-state index in [1.54, 1.807) is 0 Å². The van der Waals surface area contributed by atoms with Crippen molar-refractivity contribution in [2.24, 2.45) is 0 Å². The normalized spacial score (nSPS) is 11.4. The van der Waals surface area contributed by atoms with Crippen molar-refractivity contribution in [2.45, 2.75) is 25.2 Å². The predicted molar refractivity (Wildman–Crippen MR) is 73.1 cm³/mol. The van der Waals surface area contributed by atoms with E-state index in [1.165, 1.54) is 17.0 Å². The summed E-state index contributed by atoms with van der Waals surface area (Å²) >= 11 is 0. The van der Waals surface area contributed by atoms with Crippen molar-refractivity contribution in [1.29, 1.82) is 0 Å². The Kier molecular flexibility index (Phi) is 8.96. The smallest absolute Gasteiger partial charge is 0.240 e. The Labute approximate surface area is 126 Å². The van der Waals surface area contributed by atoms with Crippen LogP contribution in [0.2, 0.25) is 0 Å². The lowest BCUT2D eigenvalue weighted by molar-refractivity contribution is -0.896. The Morgan fingerprint density at radius 2 is 1.70 bits per heavy atom. The zero-order chi connectivity index (χ0) is 14.3. The molecule has 1 rings (SSSR count). The fraction of sp³-hybridized carbons (Fsp3) is 0.538. The van der Waals surface area contributed by atoms with Gasteiger partial charge in [-0.3, -0.25) is 0 Å². The molecular formula is C13H22ClFN2O2S. The third kappa shape index (κ3) is 6.17. The summed E-state index contributed by atoms with van der Waals surface area (Å²) in [5.74, 6) is -0.441. The maximum Gasteiger partial charge on any atom is 0.240 e. The zero-order valence-corrected chi connectivity index (χ0v) is 13.4. The highest BCUT2D eigenvalue weighted by atomic mass is 35.5. The molecule has 0 spiro atoms. The Bertz CT molecular complexity index is 476. The lowest BCUT2D eigenvalue weighted by atomic mass is 10.4. The molecule has 4 nitrogen and oxygen atoms in total. The summed E-state index contributed by atoms with van der Waals surface area (Å²) in [5, 5.41) is 0. The fourth-order valence-electron chi connectivity index (χ4n) is 1.85. The van der Waals surface area contributed by atoms with E-state index in [4.69, 9.17) is 0 Å². The highest BCUT2D eigenvalue weighted by molar-refractivity contribution is 7.89. The quantitative estimate of drug-likeness (QED) is 0.516. The number of hydrogen-bond acceptors (Lipinski definition) is 2. The van der Waals surface area contributed by atoms with Gasteiger partial charge < -0.3 is 17.3 Å². The van der Waals surface area contributed by atoms with Crippen molar-refractivity contribution in [3.8, 4) is 0 Å². The van der Waals surface area contributed by atoms with Crippen LogP contribution in [-0.4, -0.2) is 34.6 Å². The van der Waals surface area contributed by atoms with Gasteiger partial charge in [0, 0.05) is 13.0 Å². The molecule has 0 radical (unpaired) electrons. The number of nitrogens with one attached hydrogen (secondary N) is 2. The molecule has 0 aromatic heterocycles. The molecule has 7 heteroatoms. The summed E-state index contributed by atoms with van der Waals surface area (Å²) in [7, 11) is -3.51. The van der Waals surface area contributed by atoms with Gasteiger partial charge in [0.1, 0.15) is 5.82 Å². The lowest BCUT2D eigenvalue weighted by Gasteiger charge is -2.15. The molecule has 2 N–H and O–H groups in total. The largest absolute Gasteiger partial charge is 1.00 e. The van der Waals surface area contributed by atoms with Crippen LogP contribution in [-0.2, 0) is 10.0 Å². The third-order valence-electron chi connectivity index (χ3n) is 3.12. The van der Waals surface area contributed by atoms with Crippen LogP contribution in [0.25, 0.3) is 0 Å². The third-order valence-corrected chi connectivity index (χ3v) is 4.60. The molecular weight excluding hydrogens is 303 g/mol. The summed E-state index contributed by atoms with van der Waals surface area (Å²) in [5.41, 5.74) is 0. The summed E-state index contributed by atoms with van der Waals surface area (Å²) in [6.45, 7) is 7.66. The molecule has 0 bridgehead atoms. The van der Waals surface area contributed by atoms with Gasteiger partial charge in [0.15, 0.2) is 0 Å². The minimum absolute atomic E-state index is 0. The first-order valence-electron chi connectivity index (χ1n) is 6.58. The number of sulfonamides is 1. The van der Waals surface area contributed by atoms with Gasteiger partial charge >= 0.3 is 0 Å². The van der Waals surface area contributed by atoms with E-state index in [1.807, 2.05) is 0 Å². The van der Waals surface area contributed by atoms with E-state index in [0.717, 1.165) is 38.2 Å². The Morgan fingerprint density at radius 1 is 1.15 bits per heavy atom. The van der Waals surface area contributed by atoms with E-state index in [-0.39, 0.29) is 17.3 Å². The molecule has 0 saturated heterocycles. The minimum atomic E-state index is -3.51. The first kappa shape index (κ1) is 19.3. The molecule has 0 unspecified atom stereocenters. The summed E-state index contributed by atoms with van der Waals surface area (Å²) in [6, 6.07) is 4.84. The number of halogens is 2. The van der Waals surface area contributed by atoms with E-state index < -0.39 is 15.8 Å². The lowest BCUT2D eigenvalue weighted by Crippen LogP contribution is -3.11. The summed E-state index contributed by atoms with van der Waals surface area (Å²) in [4.78, 5) is 1.55. The Hall–Kier alpha value is -0.690. The van der Waals surface area contributed by atoms with Crippen LogP contribution in [0.4, 0.5) is 4.39 Å². The monoisotopic (exact) mass is 324 g/mol. The standard InChI is InChI=1S/C13H21FN2O2S.ClH/c1-3-16(4-2)11-5-10-15-19(17,18)13-8-6-12(14)7-9-13;/h6-9,15H,3-5,10-11H2,1-2H3;1H. The number of benzene rings is 1. The average Bonchev–Trinajstić information content (AvgIpc) is 2.39. The van der Waals surface area contributed by atoms with Crippen LogP contribution in [0.5, 0.6) is 0 Å². The van der Waals surface area contributed by atoms with Crippen LogP contribution in [0, 0.1) is 5.82 Å². The Morgan fingerprint density at radius 3 is 2.20 bits per heavy atom. The van der Waals surface area contributed by atoms with Crippen LogP contribution < -0.4 is 22.0 Å². The van der Waals surface area contributed by atoms with Gasteiger partial charge in [-0.15, -0.1) is 0 Å². The molecule has 0 atom stereocenters. The van der Waals surface area contributed by atoms with Gasteiger partial charge in [0.2, 0.25) is 10.0 Å². The molecule has 116 valence electrons. The maximum atomic E-state index is 12.7. The van der Waals surface area contributed by atoms with Crippen molar-refractivity contribution in [3.05, 3.63) is 30.1 Å². The number of quaternary nitrogens is 1. The fourth-order valence-corrected chi connectivity index (χ4v) is 2.92. The first-order valence-corrected chi connectivity index (χ1v) is 8.06. The predicted octanol–water partition coefficient (Wildman–Crippen LogP) is -2.58. The second kappa shape index (κ2) is 9.28. The van der Waals surface area contributed by atoms with E-state index in [2.05, 4.69) is 18.6 Å². The van der Waals surface area contributed by atoms with Gasteiger partial charge in [-0.25, -0.2) is 17.5 Å². The molecule has 0 aliphatic heterocycles. The average molecular weight is 325 g/mol. The van der Waals surface area contributed by atoms with Crippen molar-refractivity contribution in [3.63, 3.8) is 0 Å². The molecule has 0 saturated carbocycles. The summed E-state index contributed by atoms with van der Waals surface area (Å²) in [6.07, 6.45) is 0.789. The van der Waals surface area contributed by atoms with E-state index in [9.17, 15) is 12.8 Å².